The Balaban J connectivity index is 1.88. The van der Waals surface area contributed by atoms with Crippen LogP contribution in [0.2, 0.25) is 0 Å². The second kappa shape index (κ2) is 10.1. The van der Waals surface area contributed by atoms with Crippen molar-refractivity contribution in [3.05, 3.63) is 80.5 Å². The van der Waals surface area contributed by atoms with E-state index >= 15 is 0 Å². The summed E-state index contributed by atoms with van der Waals surface area (Å²) in [6, 6.07) is 15.2. The number of aromatic nitrogens is 2. The number of para-hydroxylation sites is 1. The van der Waals surface area contributed by atoms with Gasteiger partial charge in [0.1, 0.15) is 0 Å². The van der Waals surface area contributed by atoms with Crippen molar-refractivity contribution in [3.63, 3.8) is 0 Å². The van der Waals surface area contributed by atoms with Crippen LogP contribution in [0, 0.1) is 6.92 Å². The molecule has 158 valence electrons. The molecule has 3 rings (SSSR count). The zero-order valence-electron chi connectivity index (χ0n) is 17.7. The SMILES string of the molecule is CCCNC(=O)CCCCn1c(=O)c2ccccc2n(Cc2ccccc2C)c1=O. The standard InChI is InChI=1S/C24H29N3O3/c1-3-15-25-22(28)14-8-9-16-26-23(29)20-12-6-7-13-21(20)27(24(26)30)17-19-11-5-4-10-18(19)2/h4-7,10-13H,3,8-9,14-17H2,1-2H3,(H,25,28). The van der Waals surface area contributed by atoms with Crippen molar-refractivity contribution < 1.29 is 4.79 Å². The van der Waals surface area contributed by atoms with Gasteiger partial charge in [-0.1, -0.05) is 43.3 Å². The number of nitrogens with zero attached hydrogens (tertiary/aromatic N) is 2. The van der Waals surface area contributed by atoms with Gasteiger partial charge in [-0.05, 0) is 49.4 Å². The fraction of sp³-hybridized carbons (Fsp3) is 0.375. The van der Waals surface area contributed by atoms with E-state index in [0.29, 0.717) is 49.8 Å². The Morgan fingerprint density at radius 2 is 1.70 bits per heavy atom. The number of fused-ring (bicyclic) bond motifs is 1. The van der Waals surface area contributed by atoms with Gasteiger partial charge in [0.25, 0.3) is 5.56 Å². The molecule has 1 amide bonds. The molecule has 0 saturated heterocycles. The molecule has 1 heterocycles. The number of nitrogens with one attached hydrogen (secondary N) is 1. The van der Waals surface area contributed by atoms with Crippen LogP contribution in [0.25, 0.3) is 10.9 Å². The lowest BCUT2D eigenvalue weighted by Gasteiger charge is -2.15. The zero-order valence-corrected chi connectivity index (χ0v) is 17.7. The molecule has 0 saturated carbocycles. The van der Waals surface area contributed by atoms with E-state index < -0.39 is 0 Å². The number of rotatable bonds is 9. The second-order valence-corrected chi connectivity index (χ2v) is 7.58. The number of carbonyl (C=O) groups is 1. The summed E-state index contributed by atoms with van der Waals surface area (Å²) in [7, 11) is 0. The van der Waals surface area contributed by atoms with Gasteiger partial charge in [0.05, 0.1) is 17.4 Å². The molecule has 30 heavy (non-hydrogen) atoms. The maximum absolute atomic E-state index is 13.2. The van der Waals surface area contributed by atoms with E-state index in [0.717, 1.165) is 17.5 Å². The maximum atomic E-state index is 13.2. The molecule has 0 radical (unpaired) electrons. The number of hydrogen-bond donors (Lipinski definition) is 1. The fourth-order valence-electron chi connectivity index (χ4n) is 3.59. The number of hydrogen-bond acceptors (Lipinski definition) is 3. The number of benzene rings is 2. The van der Waals surface area contributed by atoms with E-state index in [1.54, 1.807) is 10.6 Å². The molecule has 0 unspecified atom stereocenters. The molecule has 3 aromatic rings. The van der Waals surface area contributed by atoms with Crippen molar-refractivity contribution >= 4 is 16.8 Å². The lowest BCUT2D eigenvalue weighted by molar-refractivity contribution is -0.121. The normalized spacial score (nSPS) is 11.0. The van der Waals surface area contributed by atoms with Crippen LogP contribution in [0.1, 0.15) is 43.7 Å². The third-order valence-corrected chi connectivity index (χ3v) is 5.33. The Morgan fingerprint density at radius 1 is 0.967 bits per heavy atom. The quantitative estimate of drug-likeness (QED) is 0.554. The molecular formula is C24H29N3O3. The minimum absolute atomic E-state index is 0.0136. The van der Waals surface area contributed by atoms with E-state index in [4.69, 9.17) is 0 Å². The van der Waals surface area contributed by atoms with Crippen molar-refractivity contribution in [2.24, 2.45) is 0 Å². The molecule has 0 spiro atoms. The molecule has 0 aliphatic rings. The number of carbonyl (C=O) groups excluding carboxylic acids is 1. The van der Waals surface area contributed by atoms with Crippen LogP contribution in [0.3, 0.4) is 0 Å². The predicted octanol–water partition coefficient (Wildman–Crippen LogP) is 3.22. The van der Waals surface area contributed by atoms with Crippen LogP contribution < -0.4 is 16.6 Å². The molecule has 0 aliphatic heterocycles. The average Bonchev–Trinajstić information content (AvgIpc) is 2.75. The molecule has 0 atom stereocenters. The van der Waals surface area contributed by atoms with Crippen LogP contribution in [0.5, 0.6) is 0 Å². The fourth-order valence-corrected chi connectivity index (χ4v) is 3.59. The highest BCUT2D eigenvalue weighted by Crippen LogP contribution is 2.13. The van der Waals surface area contributed by atoms with Gasteiger partial charge in [0.15, 0.2) is 0 Å². The summed E-state index contributed by atoms with van der Waals surface area (Å²) in [6.45, 7) is 5.41. The summed E-state index contributed by atoms with van der Waals surface area (Å²) in [5.74, 6) is 0.0136. The number of aryl methyl sites for hydroxylation is 1. The third kappa shape index (κ3) is 4.87. The first-order valence-electron chi connectivity index (χ1n) is 10.6. The van der Waals surface area contributed by atoms with Crippen LogP contribution in [-0.2, 0) is 17.9 Å². The van der Waals surface area contributed by atoms with Crippen molar-refractivity contribution in [1.29, 1.82) is 0 Å². The van der Waals surface area contributed by atoms with Gasteiger partial charge in [-0.2, -0.15) is 0 Å². The van der Waals surface area contributed by atoms with E-state index in [2.05, 4.69) is 5.32 Å². The molecule has 6 nitrogen and oxygen atoms in total. The topological polar surface area (TPSA) is 73.1 Å². The summed E-state index contributed by atoms with van der Waals surface area (Å²) >= 11 is 0. The van der Waals surface area contributed by atoms with Crippen molar-refractivity contribution in [3.8, 4) is 0 Å². The largest absolute Gasteiger partial charge is 0.356 e. The summed E-state index contributed by atoms with van der Waals surface area (Å²) in [6.07, 6.45) is 2.53. The third-order valence-electron chi connectivity index (χ3n) is 5.33. The molecule has 1 N–H and O–H groups in total. The van der Waals surface area contributed by atoms with Crippen molar-refractivity contribution in [1.82, 2.24) is 14.5 Å². The highest BCUT2D eigenvalue weighted by atomic mass is 16.2. The van der Waals surface area contributed by atoms with E-state index in [1.807, 2.05) is 56.3 Å². The van der Waals surface area contributed by atoms with Crippen molar-refractivity contribution in [2.45, 2.75) is 52.6 Å². The van der Waals surface area contributed by atoms with E-state index in [9.17, 15) is 14.4 Å². The molecule has 6 heteroatoms. The molecule has 0 aliphatic carbocycles. The number of amides is 1. The van der Waals surface area contributed by atoms with E-state index in [-0.39, 0.29) is 17.2 Å². The highest BCUT2D eigenvalue weighted by Gasteiger charge is 2.14. The molecule has 0 fully saturated rings. The summed E-state index contributed by atoms with van der Waals surface area (Å²) < 4.78 is 2.98. The van der Waals surface area contributed by atoms with Crippen molar-refractivity contribution in [2.75, 3.05) is 6.54 Å². The Morgan fingerprint density at radius 3 is 2.47 bits per heavy atom. The van der Waals surface area contributed by atoms with Crippen LogP contribution in [-0.4, -0.2) is 21.6 Å². The van der Waals surface area contributed by atoms with Gasteiger partial charge in [-0.15, -0.1) is 0 Å². The van der Waals surface area contributed by atoms with E-state index in [1.165, 1.54) is 4.57 Å². The Kier molecular flexibility index (Phi) is 7.22. The van der Waals surface area contributed by atoms with Gasteiger partial charge in [0, 0.05) is 19.5 Å². The highest BCUT2D eigenvalue weighted by molar-refractivity contribution is 5.78. The minimum atomic E-state index is -0.308. The predicted molar refractivity (Wildman–Crippen MR) is 120 cm³/mol. The van der Waals surface area contributed by atoms with Gasteiger partial charge in [-0.25, -0.2) is 4.79 Å². The smallest absolute Gasteiger partial charge is 0.331 e. The molecule has 0 bridgehead atoms. The summed E-state index contributed by atoms with van der Waals surface area (Å²) in [5.41, 5.74) is 2.21. The van der Waals surface area contributed by atoms with Crippen LogP contribution >= 0.6 is 0 Å². The minimum Gasteiger partial charge on any atom is -0.356 e. The summed E-state index contributed by atoms with van der Waals surface area (Å²) in [5, 5.41) is 3.38. The maximum Gasteiger partial charge on any atom is 0.331 e. The lowest BCUT2D eigenvalue weighted by atomic mass is 10.1. The first-order chi connectivity index (χ1) is 14.5. The Labute approximate surface area is 176 Å². The second-order valence-electron chi connectivity index (χ2n) is 7.58. The van der Waals surface area contributed by atoms with Gasteiger partial charge < -0.3 is 5.32 Å². The Bertz CT molecular complexity index is 1140. The first kappa shape index (κ1) is 21.6. The molecular weight excluding hydrogens is 378 g/mol. The monoisotopic (exact) mass is 407 g/mol. The molecule has 2 aromatic carbocycles. The zero-order chi connectivity index (χ0) is 21.5. The molecule has 1 aromatic heterocycles. The summed E-state index contributed by atoms with van der Waals surface area (Å²) in [4.78, 5) is 38.0. The van der Waals surface area contributed by atoms with Gasteiger partial charge >= 0.3 is 5.69 Å². The van der Waals surface area contributed by atoms with Crippen LogP contribution in [0.15, 0.2) is 58.1 Å². The number of unbranched alkanes of at least 4 members (excludes halogenated alkanes) is 1. The van der Waals surface area contributed by atoms with Gasteiger partial charge in [-0.3, -0.25) is 18.7 Å². The lowest BCUT2D eigenvalue weighted by Crippen LogP contribution is -2.40. The van der Waals surface area contributed by atoms with Gasteiger partial charge in [0.2, 0.25) is 5.91 Å². The average molecular weight is 408 g/mol. The first-order valence-corrected chi connectivity index (χ1v) is 10.6. The Hall–Kier alpha value is -3.15. The van der Waals surface area contributed by atoms with Crippen LogP contribution in [0.4, 0.5) is 0 Å².